The van der Waals surface area contributed by atoms with Crippen LogP contribution in [0.2, 0.25) is 0 Å². The highest BCUT2D eigenvalue weighted by Crippen LogP contribution is 2.31. The second-order valence-corrected chi connectivity index (χ2v) is 10.9. The first-order valence-corrected chi connectivity index (χ1v) is 12.3. The second-order valence-electron chi connectivity index (χ2n) is 9.10. The van der Waals surface area contributed by atoms with Crippen molar-refractivity contribution in [2.24, 2.45) is 5.41 Å². The van der Waals surface area contributed by atoms with Crippen LogP contribution in [0.4, 0.5) is 5.69 Å². The number of aromatic nitrogens is 1. The number of thiophene rings is 1. The molecule has 0 saturated heterocycles. The fourth-order valence-electron chi connectivity index (χ4n) is 3.79. The average molecular weight is 467 g/mol. The van der Waals surface area contributed by atoms with Crippen molar-refractivity contribution in [1.29, 1.82) is 0 Å². The summed E-state index contributed by atoms with van der Waals surface area (Å²) in [6.07, 6.45) is 4.11. The Labute approximate surface area is 194 Å². The van der Waals surface area contributed by atoms with E-state index < -0.39 is 5.41 Å². The Morgan fingerprint density at radius 3 is 2.62 bits per heavy atom. The molecule has 0 radical (unpaired) electrons. The molecule has 0 spiro atoms. The fourth-order valence-corrected chi connectivity index (χ4v) is 5.45. The number of anilines is 1. The van der Waals surface area contributed by atoms with Crippen LogP contribution in [0, 0.1) is 5.41 Å². The highest BCUT2D eigenvalue weighted by molar-refractivity contribution is 7.08. The number of thiazole rings is 1. The monoisotopic (exact) mass is 466 g/mol. The van der Waals surface area contributed by atoms with E-state index in [2.05, 4.69) is 0 Å². The molecule has 0 aliphatic carbocycles. The number of amides is 1. The number of fused-ring (bicyclic) bond motifs is 1. The van der Waals surface area contributed by atoms with Crippen LogP contribution in [-0.4, -0.2) is 22.3 Å². The molecule has 3 aromatic rings. The van der Waals surface area contributed by atoms with Crippen molar-refractivity contribution in [3.63, 3.8) is 0 Å². The lowest BCUT2D eigenvalue weighted by atomic mass is 9.91. The molecule has 1 amide bonds. The Balaban J connectivity index is 1.78. The number of carbonyl (C=O) groups is 2. The third kappa shape index (κ3) is 4.40. The number of para-hydroxylation sites is 1. The molecule has 0 bridgehead atoms. The molecule has 1 aliphatic rings. The number of nitrogens with zero attached hydrogens (tertiary/aromatic N) is 2. The zero-order chi connectivity index (χ0) is 23.0. The van der Waals surface area contributed by atoms with Gasteiger partial charge >= 0.3 is 0 Å². The summed E-state index contributed by atoms with van der Waals surface area (Å²) in [4.78, 5) is 41.1. The van der Waals surface area contributed by atoms with Gasteiger partial charge in [-0.15, -0.1) is 11.3 Å². The predicted molar refractivity (Wildman–Crippen MR) is 132 cm³/mol. The molecular formula is C25H26N2O3S2. The molecule has 1 aliphatic heterocycles. The van der Waals surface area contributed by atoms with Crippen LogP contribution in [0.3, 0.4) is 0 Å². The third-order valence-electron chi connectivity index (χ3n) is 5.54. The average Bonchev–Trinajstić information content (AvgIpc) is 3.42. The zero-order valence-electron chi connectivity index (χ0n) is 18.6. The SMILES string of the molecule is CC1Cc2ccccc2N1C(=O)Cn1c(=O)/c(=C/c2ccsc2)s/c1=C\C(=O)C(C)(C)C. The van der Waals surface area contributed by atoms with Crippen molar-refractivity contribution < 1.29 is 9.59 Å². The maximum Gasteiger partial charge on any atom is 0.269 e. The van der Waals surface area contributed by atoms with Crippen molar-refractivity contribution in [3.8, 4) is 0 Å². The van der Waals surface area contributed by atoms with E-state index in [0.717, 1.165) is 23.2 Å². The minimum absolute atomic E-state index is 0.0229. The van der Waals surface area contributed by atoms with Crippen LogP contribution in [0.1, 0.15) is 38.8 Å². The van der Waals surface area contributed by atoms with Gasteiger partial charge in [0, 0.05) is 23.2 Å². The normalized spacial score (nSPS) is 17.1. The predicted octanol–water partition coefficient (Wildman–Crippen LogP) is 3.17. The summed E-state index contributed by atoms with van der Waals surface area (Å²) in [7, 11) is 0. The first kappa shape index (κ1) is 22.4. The number of hydrogen-bond acceptors (Lipinski definition) is 5. The molecule has 5 nitrogen and oxygen atoms in total. The molecule has 32 heavy (non-hydrogen) atoms. The van der Waals surface area contributed by atoms with Crippen molar-refractivity contribution in [2.75, 3.05) is 4.90 Å². The number of hydrogen-bond donors (Lipinski definition) is 0. The quantitative estimate of drug-likeness (QED) is 0.594. The molecule has 4 rings (SSSR count). The molecule has 1 unspecified atom stereocenters. The van der Waals surface area contributed by atoms with Crippen LogP contribution >= 0.6 is 22.7 Å². The minimum Gasteiger partial charge on any atom is -0.307 e. The summed E-state index contributed by atoms with van der Waals surface area (Å²) in [6.45, 7) is 7.44. The molecule has 0 fully saturated rings. The summed E-state index contributed by atoms with van der Waals surface area (Å²) >= 11 is 2.80. The van der Waals surface area contributed by atoms with E-state index >= 15 is 0 Å². The van der Waals surface area contributed by atoms with Gasteiger partial charge in [0.1, 0.15) is 11.2 Å². The number of benzene rings is 1. The first-order chi connectivity index (χ1) is 15.1. The Kier molecular flexibility index (Phi) is 6.05. The van der Waals surface area contributed by atoms with Gasteiger partial charge in [-0.05, 0) is 53.4 Å². The number of rotatable bonds is 4. The van der Waals surface area contributed by atoms with Crippen LogP contribution in [0.25, 0.3) is 12.2 Å². The Bertz CT molecular complexity index is 1340. The fraction of sp³-hybridized carbons (Fsp3) is 0.320. The number of carbonyl (C=O) groups excluding carboxylic acids is 2. The van der Waals surface area contributed by atoms with E-state index in [1.54, 1.807) is 16.2 Å². The summed E-state index contributed by atoms with van der Waals surface area (Å²) in [5.74, 6) is -0.232. The standard InChI is InChI=1S/C25H26N2O3S2/c1-16-11-18-7-5-6-8-19(18)27(16)22(29)14-26-23(13-21(28)25(2,3)4)32-20(24(26)30)12-17-9-10-31-15-17/h5-10,12-13,15-16H,11,14H2,1-4H3/b20-12-,23-13-. The van der Waals surface area contributed by atoms with Crippen molar-refractivity contribution in [3.05, 3.63) is 71.8 Å². The highest BCUT2D eigenvalue weighted by atomic mass is 32.1. The highest BCUT2D eigenvalue weighted by Gasteiger charge is 2.31. The van der Waals surface area contributed by atoms with Crippen LogP contribution in [0.15, 0.2) is 45.9 Å². The molecule has 0 saturated carbocycles. The van der Waals surface area contributed by atoms with Gasteiger partial charge < -0.3 is 4.90 Å². The minimum atomic E-state index is -0.575. The largest absolute Gasteiger partial charge is 0.307 e. The Morgan fingerprint density at radius 1 is 1.19 bits per heavy atom. The van der Waals surface area contributed by atoms with E-state index in [4.69, 9.17) is 0 Å². The maximum absolute atomic E-state index is 13.4. The van der Waals surface area contributed by atoms with Gasteiger partial charge in [-0.3, -0.25) is 19.0 Å². The van der Waals surface area contributed by atoms with Crippen molar-refractivity contribution in [2.45, 2.75) is 46.7 Å². The van der Waals surface area contributed by atoms with Gasteiger partial charge in [-0.2, -0.15) is 11.3 Å². The lowest BCUT2D eigenvalue weighted by molar-refractivity contribution is -0.120. The van der Waals surface area contributed by atoms with Crippen molar-refractivity contribution in [1.82, 2.24) is 4.57 Å². The lowest BCUT2D eigenvalue weighted by Crippen LogP contribution is -2.43. The lowest BCUT2D eigenvalue weighted by Gasteiger charge is -2.23. The van der Waals surface area contributed by atoms with Gasteiger partial charge in [0.15, 0.2) is 5.78 Å². The molecule has 7 heteroatoms. The summed E-state index contributed by atoms with van der Waals surface area (Å²) in [5, 5.41) is 3.91. The van der Waals surface area contributed by atoms with E-state index in [-0.39, 0.29) is 29.8 Å². The second kappa shape index (κ2) is 8.64. The van der Waals surface area contributed by atoms with E-state index in [0.29, 0.717) is 9.20 Å². The maximum atomic E-state index is 13.4. The van der Waals surface area contributed by atoms with E-state index in [1.807, 2.05) is 74.9 Å². The summed E-state index contributed by atoms with van der Waals surface area (Å²) in [6, 6.07) is 9.83. The Hall–Kier alpha value is -2.77. The van der Waals surface area contributed by atoms with Crippen LogP contribution < -0.4 is 19.7 Å². The van der Waals surface area contributed by atoms with Gasteiger partial charge in [0.2, 0.25) is 5.91 Å². The molecule has 166 valence electrons. The summed E-state index contributed by atoms with van der Waals surface area (Å²) < 4.78 is 2.46. The van der Waals surface area contributed by atoms with Crippen molar-refractivity contribution >= 4 is 52.2 Å². The number of ketones is 1. The smallest absolute Gasteiger partial charge is 0.269 e. The Morgan fingerprint density at radius 2 is 1.94 bits per heavy atom. The molecule has 1 aromatic carbocycles. The van der Waals surface area contributed by atoms with E-state index in [9.17, 15) is 14.4 Å². The first-order valence-electron chi connectivity index (χ1n) is 10.5. The topological polar surface area (TPSA) is 59.4 Å². The van der Waals surface area contributed by atoms with E-state index in [1.165, 1.54) is 22.0 Å². The number of Topliss-reactive ketones (excluding diaryl/α,β-unsaturated/α-hetero) is 1. The molecule has 2 aromatic heterocycles. The molecule has 0 N–H and O–H groups in total. The zero-order valence-corrected chi connectivity index (χ0v) is 20.3. The van der Waals surface area contributed by atoms with Gasteiger partial charge in [0.05, 0.1) is 4.53 Å². The summed E-state index contributed by atoms with van der Waals surface area (Å²) in [5.41, 5.74) is 2.14. The van der Waals surface area contributed by atoms with Gasteiger partial charge in [-0.25, -0.2) is 0 Å². The molecule has 3 heterocycles. The molecule has 1 atom stereocenters. The third-order valence-corrected chi connectivity index (χ3v) is 7.30. The van der Waals surface area contributed by atoms with Gasteiger partial charge in [-0.1, -0.05) is 39.0 Å². The molecular weight excluding hydrogens is 440 g/mol. The van der Waals surface area contributed by atoms with Crippen LogP contribution in [0.5, 0.6) is 0 Å². The van der Waals surface area contributed by atoms with Crippen LogP contribution in [-0.2, 0) is 22.6 Å². The van der Waals surface area contributed by atoms with Gasteiger partial charge in [0.25, 0.3) is 5.56 Å².